The van der Waals surface area contributed by atoms with Gasteiger partial charge in [0.15, 0.2) is 11.5 Å². The van der Waals surface area contributed by atoms with Gasteiger partial charge in [0.05, 0.1) is 27.2 Å². The fourth-order valence-electron chi connectivity index (χ4n) is 3.87. The summed E-state index contributed by atoms with van der Waals surface area (Å²) in [5, 5.41) is 4.75. The first kappa shape index (κ1) is 22.0. The first-order valence-corrected chi connectivity index (χ1v) is 10.6. The summed E-state index contributed by atoms with van der Waals surface area (Å²) >= 11 is 5.95. The molecule has 1 fully saturated rings. The van der Waals surface area contributed by atoms with Crippen LogP contribution in [0.1, 0.15) is 35.0 Å². The molecule has 4 rings (SSSR count). The molecule has 0 bridgehead atoms. The third kappa shape index (κ3) is 4.36. The lowest BCUT2D eigenvalue weighted by Gasteiger charge is -2.31. The van der Waals surface area contributed by atoms with Gasteiger partial charge in [-0.3, -0.25) is 4.79 Å². The summed E-state index contributed by atoms with van der Waals surface area (Å²) in [6.07, 6.45) is 1.70. The minimum absolute atomic E-state index is 0.0386. The summed E-state index contributed by atoms with van der Waals surface area (Å²) in [4.78, 5) is 19.6. The first-order valence-electron chi connectivity index (χ1n) is 10.2. The van der Waals surface area contributed by atoms with Crippen molar-refractivity contribution in [3.05, 3.63) is 52.9 Å². The molecule has 9 heteroatoms. The van der Waals surface area contributed by atoms with Gasteiger partial charge in [-0.2, -0.15) is 4.98 Å². The van der Waals surface area contributed by atoms with Crippen LogP contribution in [0.2, 0.25) is 5.02 Å². The zero-order chi connectivity index (χ0) is 22.7. The third-order valence-electron chi connectivity index (χ3n) is 5.51. The van der Waals surface area contributed by atoms with Gasteiger partial charge in [-0.15, -0.1) is 0 Å². The number of ether oxygens (including phenoxy) is 3. The number of carbonyl (C=O) groups excluding carboxylic acids is 1. The van der Waals surface area contributed by atoms with E-state index in [1.54, 1.807) is 29.2 Å². The Hall–Kier alpha value is -3.26. The van der Waals surface area contributed by atoms with Crippen molar-refractivity contribution in [2.24, 2.45) is 0 Å². The topological polar surface area (TPSA) is 86.9 Å². The summed E-state index contributed by atoms with van der Waals surface area (Å²) in [5.41, 5.74) is 1.29. The standard InChI is InChI=1S/C23H24ClN3O5/c1-29-18-11-16(12-19(30-2)20(18)31-3)23(28)27-10-4-5-15(13-27)22-25-21(26-32-22)14-6-8-17(24)9-7-14/h6-9,11-12,15H,4-5,10,13H2,1-3H3/t15-/m1/s1. The summed E-state index contributed by atoms with van der Waals surface area (Å²) < 4.78 is 21.7. The van der Waals surface area contributed by atoms with Crippen molar-refractivity contribution >= 4 is 17.5 Å². The van der Waals surface area contributed by atoms with Crippen LogP contribution in [0.4, 0.5) is 0 Å². The summed E-state index contributed by atoms with van der Waals surface area (Å²) in [5.74, 6) is 2.20. The maximum absolute atomic E-state index is 13.3. The Bertz CT molecular complexity index is 1070. The second kappa shape index (κ2) is 9.48. The minimum atomic E-state index is -0.119. The summed E-state index contributed by atoms with van der Waals surface area (Å²) in [7, 11) is 4.58. The van der Waals surface area contributed by atoms with E-state index in [4.69, 9.17) is 30.3 Å². The fourth-order valence-corrected chi connectivity index (χ4v) is 3.99. The minimum Gasteiger partial charge on any atom is -0.493 e. The molecule has 1 saturated heterocycles. The maximum atomic E-state index is 13.3. The monoisotopic (exact) mass is 457 g/mol. The number of hydrogen-bond donors (Lipinski definition) is 0. The highest BCUT2D eigenvalue weighted by Crippen LogP contribution is 2.39. The van der Waals surface area contributed by atoms with Crippen LogP contribution in [-0.2, 0) is 0 Å². The van der Waals surface area contributed by atoms with Crippen LogP contribution in [0.3, 0.4) is 0 Å². The number of nitrogens with zero attached hydrogens (tertiary/aromatic N) is 3. The highest BCUT2D eigenvalue weighted by molar-refractivity contribution is 6.30. The quantitative estimate of drug-likeness (QED) is 0.540. The number of aromatic nitrogens is 2. The second-order valence-electron chi connectivity index (χ2n) is 7.47. The Morgan fingerprint density at radius 2 is 1.78 bits per heavy atom. The van der Waals surface area contributed by atoms with Gasteiger partial charge in [0.2, 0.25) is 17.5 Å². The van der Waals surface area contributed by atoms with Crippen LogP contribution in [0.5, 0.6) is 17.2 Å². The predicted molar refractivity (Wildman–Crippen MR) is 119 cm³/mol. The summed E-state index contributed by atoms with van der Waals surface area (Å²) in [6, 6.07) is 10.6. The number of amides is 1. The number of hydrogen-bond acceptors (Lipinski definition) is 7. The maximum Gasteiger partial charge on any atom is 0.254 e. The highest BCUT2D eigenvalue weighted by Gasteiger charge is 2.30. The lowest BCUT2D eigenvalue weighted by Crippen LogP contribution is -2.39. The zero-order valence-electron chi connectivity index (χ0n) is 18.1. The van der Waals surface area contributed by atoms with Crippen LogP contribution in [0, 0.1) is 0 Å². The van der Waals surface area contributed by atoms with Crippen LogP contribution < -0.4 is 14.2 Å². The van der Waals surface area contributed by atoms with E-state index in [0.717, 1.165) is 18.4 Å². The molecule has 0 radical (unpaired) electrons. The number of methoxy groups -OCH3 is 3. The molecule has 0 saturated carbocycles. The molecule has 8 nitrogen and oxygen atoms in total. The van der Waals surface area contributed by atoms with Gasteiger partial charge >= 0.3 is 0 Å². The molecule has 3 aromatic rings. The molecule has 1 aliphatic rings. The fraction of sp³-hybridized carbons (Fsp3) is 0.348. The molecule has 1 amide bonds. The van der Waals surface area contributed by atoms with Crippen molar-refractivity contribution < 1.29 is 23.5 Å². The molecule has 168 valence electrons. The second-order valence-corrected chi connectivity index (χ2v) is 7.90. The van der Waals surface area contributed by atoms with E-state index >= 15 is 0 Å². The largest absolute Gasteiger partial charge is 0.493 e. The average Bonchev–Trinajstić information content (AvgIpc) is 3.33. The Morgan fingerprint density at radius 1 is 1.09 bits per heavy atom. The molecule has 1 aromatic heterocycles. The van der Waals surface area contributed by atoms with Gasteiger partial charge < -0.3 is 23.6 Å². The van der Waals surface area contributed by atoms with E-state index in [-0.39, 0.29) is 11.8 Å². The molecule has 0 N–H and O–H groups in total. The Morgan fingerprint density at radius 3 is 2.41 bits per heavy atom. The van der Waals surface area contributed by atoms with Gasteiger partial charge in [0.25, 0.3) is 5.91 Å². The smallest absolute Gasteiger partial charge is 0.254 e. The van der Waals surface area contributed by atoms with Gasteiger partial charge in [-0.1, -0.05) is 16.8 Å². The molecule has 0 aliphatic carbocycles. The van der Waals surface area contributed by atoms with Crippen molar-refractivity contribution in [3.8, 4) is 28.6 Å². The zero-order valence-corrected chi connectivity index (χ0v) is 18.9. The van der Waals surface area contributed by atoms with Crippen LogP contribution in [0.15, 0.2) is 40.9 Å². The van der Waals surface area contributed by atoms with Crippen molar-refractivity contribution in [2.75, 3.05) is 34.4 Å². The number of benzene rings is 2. The van der Waals surface area contributed by atoms with Gasteiger partial charge in [-0.25, -0.2) is 0 Å². The van der Waals surface area contributed by atoms with E-state index in [1.807, 2.05) is 12.1 Å². The molecule has 2 heterocycles. The van der Waals surface area contributed by atoms with Crippen LogP contribution >= 0.6 is 11.6 Å². The van der Waals surface area contributed by atoms with Gasteiger partial charge in [-0.05, 0) is 49.2 Å². The Kier molecular flexibility index (Phi) is 6.50. The summed E-state index contributed by atoms with van der Waals surface area (Å²) in [6.45, 7) is 1.13. The van der Waals surface area contributed by atoms with Crippen LogP contribution in [0.25, 0.3) is 11.4 Å². The van der Waals surface area contributed by atoms with Gasteiger partial charge in [0, 0.05) is 29.2 Å². The number of rotatable bonds is 6. The van der Waals surface area contributed by atoms with E-state index in [9.17, 15) is 4.79 Å². The highest BCUT2D eigenvalue weighted by atomic mass is 35.5. The lowest BCUT2D eigenvalue weighted by molar-refractivity contribution is 0.0695. The van der Waals surface area contributed by atoms with Crippen molar-refractivity contribution in [1.29, 1.82) is 0 Å². The number of halogens is 1. The normalized spacial score (nSPS) is 16.0. The molecule has 2 aromatic carbocycles. The van der Waals surface area contributed by atoms with Crippen LogP contribution in [-0.4, -0.2) is 55.4 Å². The predicted octanol–water partition coefficient (Wildman–Crippen LogP) is 4.44. The van der Waals surface area contributed by atoms with E-state index in [0.29, 0.717) is 52.6 Å². The molecular weight excluding hydrogens is 434 g/mol. The van der Waals surface area contributed by atoms with E-state index in [2.05, 4.69) is 10.1 Å². The Balaban J connectivity index is 1.53. The molecule has 0 unspecified atom stereocenters. The molecule has 32 heavy (non-hydrogen) atoms. The first-order chi connectivity index (χ1) is 15.5. The SMILES string of the molecule is COc1cc(C(=O)N2CCC[C@@H](c3nc(-c4ccc(Cl)cc4)no3)C2)cc(OC)c1OC. The number of likely N-dealkylation sites (tertiary alicyclic amines) is 1. The van der Waals surface area contributed by atoms with E-state index < -0.39 is 0 Å². The van der Waals surface area contributed by atoms with E-state index in [1.165, 1.54) is 21.3 Å². The van der Waals surface area contributed by atoms with Crippen molar-refractivity contribution in [3.63, 3.8) is 0 Å². The number of piperidine rings is 1. The van der Waals surface area contributed by atoms with Crippen molar-refractivity contribution in [2.45, 2.75) is 18.8 Å². The molecule has 1 atom stereocenters. The van der Waals surface area contributed by atoms with Crippen molar-refractivity contribution in [1.82, 2.24) is 15.0 Å². The Labute approximate surface area is 191 Å². The molecular formula is C23H24ClN3O5. The average molecular weight is 458 g/mol. The van der Waals surface area contributed by atoms with Gasteiger partial charge in [0.1, 0.15) is 0 Å². The number of carbonyl (C=O) groups is 1. The molecule has 1 aliphatic heterocycles. The molecule has 0 spiro atoms. The third-order valence-corrected chi connectivity index (χ3v) is 5.77. The lowest BCUT2D eigenvalue weighted by atomic mass is 9.97.